The van der Waals surface area contributed by atoms with Gasteiger partial charge in [-0.15, -0.1) is 0 Å². The van der Waals surface area contributed by atoms with E-state index in [0.717, 1.165) is 89.3 Å². The zero-order chi connectivity index (χ0) is 26.7. The van der Waals surface area contributed by atoms with Gasteiger partial charge >= 0.3 is 11.7 Å². The Morgan fingerprint density at radius 3 is 2.55 bits per heavy atom. The molecule has 0 aromatic carbocycles. The van der Waals surface area contributed by atoms with Crippen LogP contribution in [0.4, 0.5) is 4.79 Å². The second kappa shape index (κ2) is 9.65. The van der Waals surface area contributed by atoms with Crippen LogP contribution in [0.5, 0.6) is 0 Å². The number of piperidine rings is 1. The number of hydrogen-bond acceptors (Lipinski definition) is 6. The molecule has 7 nitrogen and oxygen atoms in total. The Hall–Kier alpha value is -1.86. The first-order chi connectivity index (χ1) is 18.1. The summed E-state index contributed by atoms with van der Waals surface area (Å²) in [6.07, 6.45) is 12.3. The molecule has 1 aromatic heterocycles. The molecule has 4 aliphatic carbocycles. The molecule has 210 valence electrons. The Balaban J connectivity index is 1.12. The zero-order valence-corrected chi connectivity index (χ0v) is 23.4. The summed E-state index contributed by atoms with van der Waals surface area (Å²) in [5.74, 6) is 1.55. The number of fused-ring (bicyclic) bond motifs is 5. The first-order valence-corrected chi connectivity index (χ1v) is 15.1. The maximum absolute atomic E-state index is 12.7. The van der Waals surface area contributed by atoms with Crippen LogP contribution in [0.1, 0.15) is 96.0 Å². The predicted molar refractivity (Wildman–Crippen MR) is 145 cm³/mol. The monoisotopic (exact) mass is 526 g/mol. The summed E-state index contributed by atoms with van der Waals surface area (Å²) in [7, 11) is 2.13. The van der Waals surface area contributed by atoms with Crippen molar-refractivity contribution in [1.82, 2.24) is 10.2 Å². The van der Waals surface area contributed by atoms with Gasteiger partial charge in [-0.05, 0) is 131 Å². The number of carbonyl (C=O) groups is 1. The minimum Gasteiger partial charge on any atom is -0.446 e. The Morgan fingerprint density at radius 1 is 1.03 bits per heavy atom. The van der Waals surface area contributed by atoms with Crippen LogP contribution in [0.15, 0.2) is 27.6 Å². The Labute approximate surface area is 226 Å². The van der Waals surface area contributed by atoms with E-state index in [1.54, 1.807) is 6.26 Å². The van der Waals surface area contributed by atoms with Gasteiger partial charge in [0.25, 0.3) is 0 Å². The average Bonchev–Trinajstić information content (AvgIpc) is 3.17. The molecule has 6 rings (SSSR count). The molecular weight excluding hydrogens is 480 g/mol. The summed E-state index contributed by atoms with van der Waals surface area (Å²) >= 11 is 0. The van der Waals surface area contributed by atoms with E-state index in [4.69, 9.17) is 9.15 Å². The summed E-state index contributed by atoms with van der Waals surface area (Å²) in [4.78, 5) is 26.6. The fourth-order valence-corrected chi connectivity index (χ4v) is 9.90. The Kier molecular flexibility index (Phi) is 6.70. The van der Waals surface area contributed by atoms with Crippen molar-refractivity contribution < 1.29 is 19.1 Å². The van der Waals surface area contributed by atoms with E-state index in [1.807, 2.05) is 6.07 Å². The van der Waals surface area contributed by atoms with Gasteiger partial charge in [0.2, 0.25) is 0 Å². The highest BCUT2D eigenvalue weighted by Crippen LogP contribution is 2.70. The van der Waals surface area contributed by atoms with Gasteiger partial charge in [0.15, 0.2) is 0 Å². The smallest absolute Gasteiger partial charge is 0.407 e. The molecule has 0 radical (unpaired) electrons. The zero-order valence-electron chi connectivity index (χ0n) is 23.4. The van der Waals surface area contributed by atoms with Crippen LogP contribution in [0.2, 0.25) is 0 Å². The largest absolute Gasteiger partial charge is 0.446 e. The van der Waals surface area contributed by atoms with Crippen LogP contribution >= 0.6 is 0 Å². The van der Waals surface area contributed by atoms with Crippen LogP contribution in [0.3, 0.4) is 0 Å². The number of nitrogens with zero attached hydrogens (tertiary/aromatic N) is 1. The van der Waals surface area contributed by atoms with Crippen molar-refractivity contribution in [3.63, 3.8) is 0 Å². The fraction of sp³-hybridized carbons (Fsp3) is 0.806. The highest BCUT2D eigenvalue weighted by Gasteiger charge is 2.67. The number of ether oxygens (including phenoxy) is 1. The number of alkyl carbamates (subject to hydrolysis) is 1. The lowest BCUT2D eigenvalue weighted by atomic mass is 9.43. The van der Waals surface area contributed by atoms with Crippen molar-refractivity contribution in [2.45, 2.75) is 108 Å². The molecule has 1 amide bonds. The summed E-state index contributed by atoms with van der Waals surface area (Å²) in [5.41, 5.74) is 0.0240. The number of rotatable bonds is 3. The lowest BCUT2D eigenvalue weighted by Crippen LogP contribution is -2.62. The van der Waals surface area contributed by atoms with Gasteiger partial charge in [-0.2, -0.15) is 0 Å². The maximum atomic E-state index is 12.7. The van der Waals surface area contributed by atoms with Crippen LogP contribution in [-0.4, -0.2) is 54.0 Å². The van der Waals surface area contributed by atoms with E-state index in [1.165, 1.54) is 6.07 Å². The number of hydrogen-bond donors (Lipinski definition) is 2. The average molecular weight is 527 g/mol. The number of carbonyl (C=O) groups excluding carboxylic acids is 1. The molecule has 5 fully saturated rings. The summed E-state index contributed by atoms with van der Waals surface area (Å²) in [6, 6.07) is 3.65. The lowest BCUT2D eigenvalue weighted by molar-refractivity contribution is -0.205. The van der Waals surface area contributed by atoms with Crippen molar-refractivity contribution in [2.24, 2.45) is 28.6 Å². The number of aliphatic hydroxyl groups is 1. The van der Waals surface area contributed by atoms with Crippen LogP contribution in [0, 0.1) is 28.6 Å². The third kappa shape index (κ3) is 4.23. The number of nitrogens with one attached hydrogen (secondary N) is 1. The minimum atomic E-state index is -0.688. The van der Waals surface area contributed by atoms with Crippen molar-refractivity contribution in [3.8, 4) is 0 Å². The third-order valence-corrected chi connectivity index (χ3v) is 12.2. The summed E-state index contributed by atoms with van der Waals surface area (Å²) in [5, 5.41) is 15.6. The molecule has 4 saturated carbocycles. The SMILES string of the molecule is CN1CCC(NC(=O)O[C@H]2CC[C@]3(C)C4CC[C@]5(C)[C@@H](c6ccc(=O)oc6)CC[C@]5(O)C4CC[C@@H]3C2)CC1. The first-order valence-electron chi connectivity index (χ1n) is 15.1. The molecule has 38 heavy (non-hydrogen) atoms. The molecule has 2 N–H and O–H groups in total. The van der Waals surface area contributed by atoms with Gasteiger partial charge in [0.1, 0.15) is 6.10 Å². The number of amides is 1. The molecule has 2 unspecified atom stereocenters. The molecule has 2 heterocycles. The van der Waals surface area contributed by atoms with Gasteiger partial charge in [-0.1, -0.05) is 13.8 Å². The van der Waals surface area contributed by atoms with Gasteiger partial charge in [-0.25, -0.2) is 9.59 Å². The standard InChI is InChI=1S/C31H46N2O5/c1-29-13-8-23(38-28(35)32-22-11-16-33(3)17-12-22)18-21(29)5-6-26-25(29)9-14-30(2)24(10-15-31(26,30)36)20-4-7-27(34)37-19-20/h4,7,19,21-26,36H,5-6,8-18H2,1-3H3,(H,32,35)/t21-,23+,24-,25?,26?,29+,30-,31+/m1/s1. The summed E-state index contributed by atoms with van der Waals surface area (Å²) < 4.78 is 11.2. The lowest BCUT2D eigenvalue weighted by Gasteiger charge is -2.63. The molecule has 0 bridgehead atoms. The molecule has 1 aliphatic heterocycles. The van der Waals surface area contributed by atoms with Gasteiger partial charge in [0, 0.05) is 17.5 Å². The Bertz CT molecular complexity index is 1080. The first kappa shape index (κ1) is 26.4. The molecule has 1 aromatic rings. The highest BCUT2D eigenvalue weighted by atomic mass is 16.6. The second-order valence-corrected chi connectivity index (χ2v) is 13.9. The van der Waals surface area contributed by atoms with E-state index in [2.05, 4.69) is 31.1 Å². The maximum Gasteiger partial charge on any atom is 0.407 e. The van der Waals surface area contributed by atoms with Crippen molar-refractivity contribution in [3.05, 3.63) is 34.4 Å². The number of likely N-dealkylation sites (tertiary alicyclic amines) is 1. The Morgan fingerprint density at radius 2 is 1.82 bits per heavy atom. The van der Waals surface area contributed by atoms with E-state index >= 15 is 0 Å². The molecular formula is C31H46N2O5. The van der Waals surface area contributed by atoms with Crippen LogP contribution < -0.4 is 10.9 Å². The second-order valence-electron chi connectivity index (χ2n) is 13.9. The topological polar surface area (TPSA) is 92.0 Å². The van der Waals surface area contributed by atoms with Crippen molar-refractivity contribution in [2.75, 3.05) is 20.1 Å². The molecule has 5 aliphatic rings. The summed E-state index contributed by atoms with van der Waals surface area (Å²) in [6.45, 7) is 6.79. The van der Waals surface area contributed by atoms with Gasteiger partial charge in [0.05, 0.1) is 11.9 Å². The quantitative estimate of drug-likeness (QED) is 0.571. The minimum absolute atomic E-state index is 0.00331. The van der Waals surface area contributed by atoms with Crippen LogP contribution in [-0.2, 0) is 4.74 Å². The molecule has 1 saturated heterocycles. The molecule has 8 atom stereocenters. The van der Waals surface area contributed by atoms with E-state index < -0.39 is 5.60 Å². The third-order valence-electron chi connectivity index (χ3n) is 12.2. The van der Waals surface area contributed by atoms with E-state index in [-0.39, 0.29) is 40.6 Å². The molecule has 0 spiro atoms. The van der Waals surface area contributed by atoms with Crippen molar-refractivity contribution >= 4 is 6.09 Å². The fourth-order valence-electron chi connectivity index (χ4n) is 9.90. The predicted octanol–water partition coefficient (Wildman–Crippen LogP) is 5.07. The normalized spacial score (nSPS) is 43.5. The van der Waals surface area contributed by atoms with Gasteiger partial charge in [-0.3, -0.25) is 0 Å². The van der Waals surface area contributed by atoms with Gasteiger partial charge < -0.3 is 24.5 Å². The van der Waals surface area contributed by atoms with E-state index in [0.29, 0.717) is 17.8 Å². The van der Waals surface area contributed by atoms with E-state index in [9.17, 15) is 14.7 Å². The van der Waals surface area contributed by atoms with Crippen molar-refractivity contribution in [1.29, 1.82) is 0 Å². The highest BCUT2D eigenvalue weighted by molar-refractivity contribution is 5.67. The van der Waals surface area contributed by atoms with Crippen LogP contribution in [0.25, 0.3) is 0 Å². The molecule has 7 heteroatoms.